The van der Waals surface area contributed by atoms with Gasteiger partial charge in [-0.25, -0.2) is 5.01 Å². The number of hydrogen-bond acceptors (Lipinski definition) is 4. The first-order valence-electron chi connectivity index (χ1n) is 8.96. The van der Waals surface area contributed by atoms with Gasteiger partial charge in [0.25, 0.3) is 0 Å². The van der Waals surface area contributed by atoms with Gasteiger partial charge in [0, 0.05) is 22.0 Å². The van der Waals surface area contributed by atoms with E-state index < -0.39 is 6.23 Å². The van der Waals surface area contributed by atoms with Crippen molar-refractivity contribution in [2.45, 2.75) is 18.7 Å². The van der Waals surface area contributed by atoms with Crippen LogP contribution in [-0.4, -0.2) is 15.8 Å². The zero-order valence-corrected chi connectivity index (χ0v) is 16.2. The predicted molar refractivity (Wildman–Crippen MR) is 110 cm³/mol. The topological polar surface area (TPSA) is 45.1 Å². The normalized spacial score (nSPS) is 20.2. The number of halogens is 2. The molecule has 5 rings (SSSR count). The molecule has 1 N–H and O–H groups in total. The Balaban J connectivity index is 1.62. The molecule has 2 atom stereocenters. The maximum Gasteiger partial charge on any atom is 0.217 e. The van der Waals surface area contributed by atoms with E-state index >= 15 is 0 Å². The number of phenols is 1. The average molecular weight is 411 g/mol. The number of hydrazone groups is 1. The Kier molecular flexibility index (Phi) is 4.18. The Morgan fingerprint density at radius 2 is 1.68 bits per heavy atom. The van der Waals surface area contributed by atoms with Crippen molar-refractivity contribution in [2.75, 3.05) is 0 Å². The molecule has 0 fully saturated rings. The zero-order valence-electron chi connectivity index (χ0n) is 14.7. The summed E-state index contributed by atoms with van der Waals surface area (Å²) in [6, 6.07) is 20.6. The molecule has 3 aromatic rings. The Hall–Kier alpha value is -2.69. The smallest absolute Gasteiger partial charge is 0.217 e. The molecule has 2 aliphatic heterocycles. The Morgan fingerprint density at radius 1 is 0.929 bits per heavy atom. The first kappa shape index (κ1) is 17.4. The fourth-order valence-corrected chi connectivity index (χ4v) is 4.09. The highest BCUT2D eigenvalue weighted by atomic mass is 35.5. The lowest BCUT2D eigenvalue weighted by atomic mass is 9.96. The van der Waals surface area contributed by atoms with Crippen LogP contribution in [0.4, 0.5) is 0 Å². The highest BCUT2D eigenvalue weighted by Crippen LogP contribution is 2.48. The van der Waals surface area contributed by atoms with Crippen molar-refractivity contribution < 1.29 is 9.84 Å². The van der Waals surface area contributed by atoms with Crippen LogP contribution in [0.5, 0.6) is 11.5 Å². The fraction of sp³-hybridized carbons (Fsp3) is 0.136. The Morgan fingerprint density at radius 3 is 2.50 bits per heavy atom. The number of hydrogen-bond donors (Lipinski definition) is 1. The quantitative estimate of drug-likeness (QED) is 0.568. The van der Waals surface area contributed by atoms with E-state index in [4.69, 9.17) is 33.0 Å². The van der Waals surface area contributed by atoms with Crippen molar-refractivity contribution in [3.05, 3.63) is 93.5 Å². The van der Waals surface area contributed by atoms with E-state index in [2.05, 4.69) is 6.07 Å². The van der Waals surface area contributed by atoms with Crippen molar-refractivity contribution in [1.29, 1.82) is 0 Å². The number of nitrogens with zero attached hydrogens (tertiary/aromatic N) is 2. The maximum absolute atomic E-state index is 10.4. The van der Waals surface area contributed by atoms with Gasteiger partial charge in [-0.05, 0) is 42.0 Å². The Labute approximate surface area is 172 Å². The molecule has 0 amide bonds. The van der Waals surface area contributed by atoms with Gasteiger partial charge in [0.1, 0.15) is 11.5 Å². The molecule has 0 radical (unpaired) electrons. The minimum absolute atomic E-state index is 0.0130. The van der Waals surface area contributed by atoms with E-state index in [9.17, 15) is 5.11 Å². The van der Waals surface area contributed by atoms with E-state index in [0.717, 1.165) is 29.0 Å². The van der Waals surface area contributed by atoms with Crippen LogP contribution in [0, 0.1) is 0 Å². The highest BCUT2D eigenvalue weighted by Gasteiger charge is 2.41. The van der Waals surface area contributed by atoms with E-state index in [1.54, 1.807) is 18.2 Å². The number of rotatable bonds is 2. The van der Waals surface area contributed by atoms with Crippen LogP contribution < -0.4 is 4.74 Å². The standard InChI is InChI=1S/C22H16Cl2N2O2/c23-14-7-5-13(6-8-14)18-12-19-16-3-1-2-4-21(16)28-22(26(19)25-18)17-11-15(24)9-10-20(17)27/h1-11,19,22,27H,12H2/t19-,22+/m1/s1. The Bertz CT molecular complexity index is 1080. The minimum Gasteiger partial charge on any atom is -0.507 e. The summed E-state index contributed by atoms with van der Waals surface area (Å²) in [6.07, 6.45) is 0.170. The van der Waals surface area contributed by atoms with E-state index in [1.165, 1.54) is 0 Å². The molecule has 0 aromatic heterocycles. The number of para-hydroxylation sites is 1. The third-order valence-electron chi connectivity index (χ3n) is 5.13. The van der Waals surface area contributed by atoms with Crippen LogP contribution >= 0.6 is 23.2 Å². The second-order valence-corrected chi connectivity index (χ2v) is 7.74. The first-order valence-corrected chi connectivity index (χ1v) is 9.71. The largest absolute Gasteiger partial charge is 0.507 e. The predicted octanol–water partition coefficient (Wildman–Crippen LogP) is 5.94. The molecule has 0 spiro atoms. The second-order valence-electron chi connectivity index (χ2n) is 6.86. The third kappa shape index (κ3) is 2.89. The number of ether oxygens (including phenoxy) is 1. The fourth-order valence-electron chi connectivity index (χ4n) is 3.78. The van der Waals surface area contributed by atoms with Crippen LogP contribution in [-0.2, 0) is 0 Å². The van der Waals surface area contributed by atoms with Gasteiger partial charge in [-0.1, -0.05) is 53.5 Å². The molecule has 2 aliphatic rings. The summed E-state index contributed by atoms with van der Waals surface area (Å²) in [5, 5.41) is 18.4. The van der Waals surface area contributed by atoms with Crippen LogP contribution in [0.2, 0.25) is 10.0 Å². The van der Waals surface area contributed by atoms with Gasteiger partial charge in [0.15, 0.2) is 0 Å². The average Bonchev–Trinajstić information content (AvgIpc) is 3.15. The summed E-state index contributed by atoms with van der Waals surface area (Å²) in [7, 11) is 0. The molecule has 0 bridgehead atoms. The van der Waals surface area contributed by atoms with Crippen LogP contribution in [0.1, 0.15) is 35.4 Å². The molecule has 0 saturated heterocycles. The van der Waals surface area contributed by atoms with Gasteiger partial charge in [0.05, 0.1) is 17.3 Å². The van der Waals surface area contributed by atoms with Gasteiger partial charge < -0.3 is 9.84 Å². The molecule has 6 heteroatoms. The van der Waals surface area contributed by atoms with E-state index in [0.29, 0.717) is 15.6 Å². The molecular weight excluding hydrogens is 395 g/mol. The van der Waals surface area contributed by atoms with E-state index in [1.807, 2.05) is 47.5 Å². The van der Waals surface area contributed by atoms with Gasteiger partial charge in [-0.15, -0.1) is 0 Å². The maximum atomic E-state index is 10.4. The molecule has 0 unspecified atom stereocenters. The highest BCUT2D eigenvalue weighted by molar-refractivity contribution is 6.31. The molecule has 140 valence electrons. The number of aromatic hydroxyl groups is 1. The van der Waals surface area contributed by atoms with Crippen molar-refractivity contribution >= 4 is 28.9 Å². The van der Waals surface area contributed by atoms with E-state index in [-0.39, 0.29) is 11.8 Å². The monoisotopic (exact) mass is 410 g/mol. The molecule has 28 heavy (non-hydrogen) atoms. The van der Waals surface area contributed by atoms with Crippen LogP contribution in [0.3, 0.4) is 0 Å². The molecule has 2 heterocycles. The zero-order chi connectivity index (χ0) is 19.3. The lowest BCUT2D eigenvalue weighted by molar-refractivity contribution is -0.0203. The third-order valence-corrected chi connectivity index (χ3v) is 5.62. The van der Waals surface area contributed by atoms with Gasteiger partial charge in [0.2, 0.25) is 6.23 Å². The lowest BCUT2D eigenvalue weighted by Gasteiger charge is -2.38. The second kappa shape index (κ2) is 6.73. The van der Waals surface area contributed by atoms with Gasteiger partial charge >= 0.3 is 0 Å². The summed E-state index contributed by atoms with van der Waals surface area (Å²) in [4.78, 5) is 0. The molecular formula is C22H16Cl2N2O2. The minimum atomic E-state index is -0.566. The summed E-state index contributed by atoms with van der Waals surface area (Å²) in [6.45, 7) is 0. The number of fused-ring (bicyclic) bond motifs is 3. The van der Waals surface area contributed by atoms with Gasteiger partial charge in [-0.3, -0.25) is 0 Å². The molecule has 4 nitrogen and oxygen atoms in total. The lowest BCUT2D eigenvalue weighted by Crippen LogP contribution is -2.33. The summed E-state index contributed by atoms with van der Waals surface area (Å²) >= 11 is 12.2. The summed E-state index contributed by atoms with van der Waals surface area (Å²) < 4.78 is 6.25. The first-order chi connectivity index (χ1) is 13.6. The summed E-state index contributed by atoms with van der Waals surface area (Å²) in [5.74, 6) is 0.920. The van der Waals surface area contributed by atoms with Crippen molar-refractivity contribution in [2.24, 2.45) is 5.10 Å². The van der Waals surface area contributed by atoms with Crippen molar-refractivity contribution in [3.63, 3.8) is 0 Å². The van der Waals surface area contributed by atoms with Crippen molar-refractivity contribution in [3.8, 4) is 11.5 Å². The van der Waals surface area contributed by atoms with Crippen LogP contribution in [0.25, 0.3) is 0 Å². The van der Waals surface area contributed by atoms with Gasteiger partial charge in [-0.2, -0.15) is 5.10 Å². The summed E-state index contributed by atoms with van der Waals surface area (Å²) in [5.41, 5.74) is 3.64. The molecule has 0 aliphatic carbocycles. The number of phenolic OH excluding ortho intramolecular Hbond substituents is 1. The van der Waals surface area contributed by atoms with Crippen molar-refractivity contribution in [1.82, 2.24) is 5.01 Å². The van der Waals surface area contributed by atoms with Crippen LogP contribution in [0.15, 0.2) is 71.8 Å². The number of benzene rings is 3. The molecule has 3 aromatic carbocycles. The SMILES string of the molecule is Oc1ccc(Cl)cc1[C@@H]1Oc2ccccc2[C@H]2CC(c3ccc(Cl)cc3)=NN21. The molecule has 0 saturated carbocycles.